The first-order valence-corrected chi connectivity index (χ1v) is 5.83. The molecule has 0 fully saturated rings. The Morgan fingerprint density at radius 1 is 1.06 bits per heavy atom. The van der Waals surface area contributed by atoms with Gasteiger partial charge in [0.25, 0.3) is 5.91 Å². The third-order valence-corrected chi connectivity index (χ3v) is 2.85. The molecule has 4 N–H and O–H groups in total. The van der Waals surface area contributed by atoms with Crippen LogP contribution in [0.25, 0.3) is 0 Å². The molecular weight excluding hydrogens is 281 g/mol. The Labute approximate surface area is 114 Å². The van der Waals surface area contributed by atoms with Crippen LogP contribution in [0.2, 0.25) is 10.0 Å². The van der Waals surface area contributed by atoms with Gasteiger partial charge in [-0.05, 0) is 18.2 Å². The van der Waals surface area contributed by atoms with E-state index in [0.29, 0.717) is 0 Å². The van der Waals surface area contributed by atoms with Gasteiger partial charge in [0.1, 0.15) is 5.54 Å². The van der Waals surface area contributed by atoms with Crippen molar-refractivity contribution in [1.82, 2.24) is 5.32 Å². The number of aliphatic hydroxyl groups is 3. The molecule has 1 aromatic carbocycles. The van der Waals surface area contributed by atoms with Crippen molar-refractivity contribution in [3.05, 3.63) is 33.8 Å². The predicted octanol–water partition coefficient (Wildman–Crippen LogP) is 0.439. The Hall–Kier alpha value is -0.850. The molecule has 0 aliphatic rings. The van der Waals surface area contributed by atoms with Crippen molar-refractivity contribution in [2.24, 2.45) is 0 Å². The molecule has 1 rings (SSSR count). The predicted molar refractivity (Wildman–Crippen MR) is 67.9 cm³/mol. The maximum absolute atomic E-state index is 11.9. The largest absolute Gasteiger partial charge is 0.394 e. The second-order valence-electron chi connectivity index (χ2n) is 3.87. The molecule has 0 heterocycles. The van der Waals surface area contributed by atoms with Gasteiger partial charge in [-0.1, -0.05) is 23.2 Å². The number of hydrogen-bond acceptors (Lipinski definition) is 4. The number of benzene rings is 1. The van der Waals surface area contributed by atoms with Crippen LogP contribution >= 0.6 is 23.2 Å². The molecule has 0 saturated heterocycles. The average Bonchev–Trinajstić information content (AvgIpc) is 2.35. The summed E-state index contributed by atoms with van der Waals surface area (Å²) in [6, 6.07) is 4.25. The second kappa shape index (κ2) is 6.36. The lowest BCUT2D eigenvalue weighted by Crippen LogP contribution is -2.57. The van der Waals surface area contributed by atoms with Crippen molar-refractivity contribution in [1.29, 1.82) is 0 Å². The SMILES string of the molecule is O=C(NC(CO)(CO)CO)c1cc(Cl)cc(Cl)c1. The lowest BCUT2D eigenvalue weighted by molar-refractivity contribution is 0.0375. The third-order valence-electron chi connectivity index (χ3n) is 2.41. The molecule has 0 spiro atoms. The van der Waals surface area contributed by atoms with E-state index in [0.717, 1.165) is 0 Å². The summed E-state index contributed by atoms with van der Waals surface area (Å²) in [6.07, 6.45) is 0. The van der Waals surface area contributed by atoms with E-state index < -0.39 is 31.3 Å². The molecule has 18 heavy (non-hydrogen) atoms. The van der Waals surface area contributed by atoms with E-state index in [1.165, 1.54) is 18.2 Å². The topological polar surface area (TPSA) is 89.8 Å². The molecule has 0 aliphatic carbocycles. The highest BCUT2D eigenvalue weighted by molar-refractivity contribution is 6.35. The first kappa shape index (κ1) is 15.2. The molecule has 5 nitrogen and oxygen atoms in total. The first-order valence-electron chi connectivity index (χ1n) is 5.07. The summed E-state index contributed by atoms with van der Waals surface area (Å²) in [7, 11) is 0. The summed E-state index contributed by atoms with van der Waals surface area (Å²) in [5.74, 6) is -0.600. The highest BCUT2D eigenvalue weighted by Crippen LogP contribution is 2.19. The van der Waals surface area contributed by atoms with Crippen molar-refractivity contribution in [2.45, 2.75) is 5.54 Å². The van der Waals surface area contributed by atoms with Crippen LogP contribution in [0.15, 0.2) is 18.2 Å². The van der Waals surface area contributed by atoms with E-state index in [4.69, 9.17) is 38.5 Å². The number of amides is 1. The van der Waals surface area contributed by atoms with Crippen molar-refractivity contribution in [2.75, 3.05) is 19.8 Å². The van der Waals surface area contributed by atoms with Crippen LogP contribution in [0.1, 0.15) is 10.4 Å². The zero-order valence-electron chi connectivity index (χ0n) is 9.36. The molecular formula is C11H13Cl2NO4. The third kappa shape index (κ3) is 3.57. The van der Waals surface area contributed by atoms with Gasteiger partial charge in [-0.15, -0.1) is 0 Å². The Kier molecular flexibility index (Phi) is 5.37. The van der Waals surface area contributed by atoms with E-state index in [-0.39, 0.29) is 15.6 Å². The maximum atomic E-state index is 11.9. The molecule has 1 aromatic rings. The van der Waals surface area contributed by atoms with Gasteiger partial charge >= 0.3 is 0 Å². The van der Waals surface area contributed by atoms with Gasteiger partial charge in [0.15, 0.2) is 0 Å². The van der Waals surface area contributed by atoms with Crippen LogP contribution in [-0.2, 0) is 0 Å². The molecule has 0 aromatic heterocycles. The van der Waals surface area contributed by atoms with E-state index in [1.807, 2.05) is 0 Å². The molecule has 0 saturated carbocycles. The van der Waals surface area contributed by atoms with E-state index in [1.54, 1.807) is 0 Å². The van der Waals surface area contributed by atoms with Gasteiger partial charge in [-0.3, -0.25) is 4.79 Å². The monoisotopic (exact) mass is 293 g/mol. The Morgan fingerprint density at radius 3 is 1.89 bits per heavy atom. The Bertz CT molecular complexity index is 407. The summed E-state index contributed by atoms with van der Waals surface area (Å²) in [6.45, 7) is -1.79. The summed E-state index contributed by atoms with van der Waals surface area (Å²) in [5, 5.41) is 30.2. The Balaban J connectivity index is 2.94. The van der Waals surface area contributed by atoms with Crippen molar-refractivity contribution in [3.63, 3.8) is 0 Å². The zero-order valence-corrected chi connectivity index (χ0v) is 10.9. The fourth-order valence-corrected chi connectivity index (χ4v) is 1.79. The number of carbonyl (C=O) groups excluding carboxylic acids is 1. The van der Waals surface area contributed by atoms with Crippen LogP contribution < -0.4 is 5.32 Å². The standard InChI is InChI=1S/C11H13Cl2NO4/c12-8-1-7(2-9(13)3-8)10(18)14-11(4-15,5-16)6-17/h1-3,15-17H,4-6H2,(H,14,18). The quantitative estimate of drug-likeness (QED) is 0.634. The van der Waals surface area contributed by atoms with Crippen LogP contribution in [0.5, 0.6) is 0 Å². The number of rotatable bonds is 5. The fourth-order valence-electron chi connectivity index (χ4n) is 1.27. The van der Waals surface area contributed by atoms with Crippen LogP contribution in [0.3, 0.4) is 0 Å². The molecule has 0 radical (unpaired) electrons. The smallest absolute Gasteiger partial charge is 0.252 e. The second-order valence-corrected chi connectivity index (χ2v) is 4.74. The molecule has 0 atom stereocenters. The molecule has 0 aliphatic heterocycles. The van der Waals surface area contributed by atoms with E-state index >= 15 is 0 Å². The summed E-state index contributed by atoms with van der Waals surface area (Å²) >= 11 is 11.5. The number of nitrogens with one attached hydrogen (secondary N) is 1. The van der Waals surface area contributed by atoms with Gasteiger partial charge in [-0.25, -0.2) is 0 Å². The van der Waals surface area contributed by atoms with Crippen molar-refractivity contribution < 1.29 is 20.1 Å². The number of carbonyl (C=O) groups is 1. The minimum absolute atomic E-state index is 0.173. The average molecular weight is 294 g/mol. The first-order chi connectivity index (χ1) is 8.46. The number of hydrogen-bond donors (Lipinski definition) is 4. The lowest BCUT2D eigenvalue weighted by Gasteiger charge is -2.28. The highest BCUT2D eigenvalue weighted by atomic mass is 35.5. The fraction of sp³-hybridized carbons (Fsp3) is 0.364. The maximum Gasteiger partial charge on any atom is 0.252 e. The van der Waals surface area contributed by atoms with Gasteiger partial charge in [0.05, 0.1) is 19.8 Å². The van der Waals surface area contributed by atoms with E-state index in [9.17, 15) is 4.79 Å². The zero-order chi connectivity index (χ0) is 13.8. The highest BCUT2D eigenvalue weighted by Gasteiger charge is 2.30. The van der Waals surface area contributed by atoms with Gasteiger partial charge in [0, 0.05) is 15.6 Å². The number of aliphatic hydroxyl groups excluding tert-OH is 3. The molecule has 100 valence electrons. The van der Waals surface area contributed by atoms with Crippen LogP contribution in [-0.4, -0.2) is 46.6 Å². The van der Waals surface area contributed by atoms with Gasteiger partial charge < -0.3 is 20.6 Å². The van der Waals surface area contributed by atoms with Crippen molar-refractivity contribution >= 4 is 29.1 Å². The van der Waals surface area contributed by atoms with E-state index in [2.05, 4.69) is 5.32 Å². The number of halogens is 2. The van der Waals surface area contributed by atoms with Crippen molar-refractivity contribution in [3.8, 4) is 0 Å². The van der Waals surface area contributed by atoms with Crippen LogP contribution in [0, 0.1) is 0 Å². The van der Waals surface area contributed by atoms with Gasteiger partial charge in [-0.2, -0.15) is 0 Å². The summed E-state index contributed by atoms with van der Waals surface area (Å²) < 4.78 is 0. The lowest BCUT2D eigenvalue weighted by atomic mass is 10.0. The molecule has 0 bridgehead atoms. The minimum Gasteiger partial charge on any atom is -0.394 e. The molecule has 1 amide bonds. The van der Waals surface area contributed by atoms with Gasteiger partial charge in [0.2, 0.25) is 0 Å². The molecule has 7 heteroatoms. The summed E-state index contributed by atoms with van der Waals surface area (Å²) in [5.41, 5.74) is -1.31. The summed E-state index contributed by atoms with van der Waals surface area (Å²) in [4.78, 5) is 11.9. The minimum atomic E-state index is -1.48. The normalized spacial score (nSPS) is 11.4. The van der Waals surface area contributed by atoms with Crippen LogP contribution in [0.4, 0.5) is 0 Å². The molecule has 0 unspecified atom stereocenters. The Morgan fingerprint density at radius 2 is 1.50 bits per heavy atom.